The Balaban J connectivity index is 2.13. The van der Waals surface area contributed by atoms with Crippen LogP contribution in [0.2, 0.25) is 5.02 Å². The molecule has 0 bridgehead atoms. The molecule has 1 heterocycles. The van der Waals surface area contributed by atoms with Crippen molar-refractivity contribution in [3.63, 3.8) is 0 Å². The molecule has 0 aliphatic rings. The van der Waals surface area contributed by atoms with Gasteiger partial charge in [0.1, 0.15) is 5.82 Å². The van der Waals surface area contributed by atoms with Crippen molar-refractivity contribution in [2.75, 3.05) is 0 Å². The topological polar surface area (TPSA) is 55.1 Å². The van der Waals surface area contributed by atoms with Gasteiger partial charge in [0.2, 0.25) is 0 Å². The van der Waals surface area contributed by atoms with Crippen molar-refractivity contribution in [1.29, 1.82) is 0 Å². The van der Waals surface area contributed by atoms with Crippen molar-refractivity contribution in [3.8, 4) is 0 Å². The number of halogens is 2. The van der Waals surface area contributed by atoms with E-state index in [2.05, 4.69) is 5.10 Å². The van der Waals surface area contributed by atoms with Crippen LogP contribution in [-0.4, -0.2) is 20.9 Å². The van der Waals surface area contributed by atoms with E-state index >= 15 is 0 Å². The van der Waals surface area contributed by atoms with Crippen LogP contribution in [0, 0.1) is 12.7 Å². The second kappa shape index (κ2) is 5.42. The van der Waals surface area contributed by atoms with E-state index in [1.165, 1.54) is 22.9 Å². The smallest absolute Gasteiger partial charge is 0.357 e. The highest BCUT2D eigenvalue weighted by atomic mass is 35.5. The highest BCUT2D eigenvalue weighted by molar-refractivity contribution is 6.31. The van der Waals surface area contributed by atoms with Crippen LogP contribution in [0.4, 0.5) is 4.39 Å². The van der Waals surface area contributed by atoms with Gasteiger partial charge in [-0.2, -0.15) is 5.10 Å². The Labute approximate surface area is 130 Å². The first-order valence-electron chi connectivity index (χ1n) is 6.60. The van der Waals surface area contributed by atoms with E-state index in [4.69, 9.17) is 11.6 Å². The van der Waals surface area contributed by atoms with Crippen LogP contribution in [0.5, 0.6) is 0 Å². The molecule has 0 aliphatic heterocycles. The first-order valence-corrected chi connectivity index (χ1v) is 6.98. The van der Waals surface area contributed by atoms with Crippen molar-refractivity contribution in [1.82, 2.24) is 9.78 Å². The number of carboxylic acids is 1. The third-order valence-corrected chi connectivity index (χ3v) is 3.80. The van der Waals surface area contributed by atoms with Crippen LogP contribution >= 0.6 is 11.6 Å². The van der Waals surface area contributed by atoms with E-state index in [0.29, 0.717) is 17.1 Å². The highest BCUT2D eigenvalue weighted by Gasteiger charge is 2.17. The maximum absolute atomic E-state index is 13.4. The molecule has 4 nitrogen and oxygen atoms in total. The predicted octanol–water partition coefficient (Wildman–Crippen LogP) is 3.88. The monoisotopic (exact) mass is 318 g/mol. The number of aromatic nitrogens is 2. The Hall–Kier alpha value is -2.40. The predicted molar refractivity (Wildman–Crippen MR) is 81.9 cm³/mol. The third-order valence-electron chi connectivity index (χ3n) is 3.44. The van der Waals surface area contributed by atoms with Gasteiger partial charge in [0, 0.05) is 10.4 Å². The molecule has 22 heavy (non-hydrogen) atoms. The molecule has 0 atom stereocenters. The highest BCUT2D eigenvalue weighted by Crippen LogP contribution is 2.24. The van der Waals surface area contributed by atoms with Crippen LogP contribution < -0.4 is 0 Å². The van der Waals surface area contributed by atoms with Crippen LogP contribution in [-0.2, 0) is 6.54 Å². The average Bonchev–Trinajstić information content (AvgIpc) is 2.80. The summed E-state index contributed by atoms with van der Waals surface area (Å²) in [6.07, 6.45) is 0. The molecule has 0 saturated heterocycles. The molecule has 0 spiro atoms. The Bertz CT molecular complexity index is 889. The minimum atomic E-state index is -1.19. The van der Waals surface area contributed by atoms with Gasteiger partial charge < -0.3 is 5.11 Å². The second-order valence-electron chi connectivity index (χ2n) is 5.07. The number of hydrogen-bond donors (Lipinski definition) is 1. The van der Waals surface area contributed by atoms with Gasteiger partial charge in [-0.3, -0.25) is 4.68 Å². The van der Waals surface area contributed by atoms with Gasteiger partial charge in [-0.25, -0.2) is 9.18 Å². The molecular formula is C16H12ClFN2O2. The van der Waals surface area contributed by atoms with E-state index in [9.17, 15) is 14.3 Å². The minimum Gasteiger partial charge on any atom is -0.476 e. The van der Waals surface area contributed by atoms with E-state index in [0.717, 1.165) is 11.1 Å². The van der Waals surface area contributed by atoms with Crippen LogP contribution in [0.1, 0.15) is 21.6 Å². The fourth-order valence-corrected chi connectivity index (χ4v) is 2.67. The van der Waals surface area contributed by atoms with E-state index in [1.54, 1.807) is 0 Å². The number of benzene rings is 2. The van der Waals surface area contributed by atoms with Crippen LogP contribution in [0.25, 0.3) is 10.9 Å². The molecule has 3 rings (SSSR count). The second-order valence-corrected chi connectivity index (χ2v) is 5.47. The molecule has 0 saturated carbocycles. The lowest BCUT2D eigenvalue weighted by molar-refractivity contribution is 0.0691. The Morgan fingerprint density at radius 2 is 2.09 bits per heavy atom. The summed E-state index contributed by atoms with van der Waals surface area (Å²) in [6, 6.07) is 9.61. The molecule has 0 aliphatic carbocycles. The van der Waals surface area contributed by atoms with Crippen molar-refractivity contribution < 1.29 is 14.3 Å². The van der Waals surface area contributed by atoms with E-state index < -0.39 is 11.8 Å². The molecule has 2 aromatic carbocycles. The first kappa shape index (κ1) is 14.5. The van der Waals surface area contributed by atoms with Gasteiger partial charge in [0.25, 0.3) is 0 Å². The van der Waals surface area contributed by atoms with Crippen LogP contribution in [0.15, 0.2) is 36.4 Å². The summed E-state index contributed by atoms with van der Waals surface area (Å²) in [5, 5.41) is 14.2. The number of fused-ring (bicyclic) bond motifs is 1. The quantitative estimate of drug-likeness (QED) is 0.797. The number of aryl methyl sites for hydroxylation is 1. The first-order chi connectivity index (χ1) is 10.5. The fourth-order valence-electron chi connectivity index (χ4n) is 2.37. The summed E-state index contributed by atoms with van der Waals surface area (Å²) in [6.45, 7) is 2.25. The minimum absolute atomic E-state index is 0.169. The molecule has 0 amide bonds. The number of rotatable bonds is 3. The molecular weight excluding hydrogens is 307 g/mol. The summed E-state index contributed by atoms with van der Waals surface area (Å²) in [5.74, 6) is -1.69. The number of nitrogens with zero attached hydrogens (tertiary/aromatic N) is 2. The Morgan fingerprint density at radius 3 is 2.77 bits per heavy atom. The summed E-state index contributed by atoms with van der Waals surface area (Å²) in [7, 11) is 0. The van der Waals surface area contributed by atoms with Gasteiger partial charge in [-0.15, -0.1) is 0 Å². The molecule has 6 heteroatoms. The lowest BCUT2D eigenvalue weighted by atomic mass is 10.1. The van der Waals surface area contributed by atoms with Gasteiger partial charge in [-0.05, 0) is 42.3 Å². The summed E-state index contributed by atoms with van der Waals surface area (Å²) in [4.78, 5) is 11.3. The van der Waals surface area contributed by atoms with Crippen LogP contribution in [0.3, 0.4) is 0 Å². The molecule has 1 aromatic heterocycles. The van der Waals surface area contributed by atoms with E-state index in [1.807, 2.05) is 25.1 Å². The Morgan fingerprint density at radius 1 is 1.32 bits per heavy atom. The number of carbonyl (C=O) groups is 1. The average molecular weight is 319 g/mol. The van der Waals surface area contributed by atoms with E-state index in [-0.39, 0.29) is 11.1 Å². The number of carboxylic acid groups (broad SMARTS) is 1. The zero-order chi connectivity index (χ0) is 15.9. The molecule has 1 N–H and O–H groups in total. The largest absolute Gasteiger partial charge is 0.476 e. The number of hydrogen-bond acceptors (Lipinski definition) is 2. The molecule has 0 fully saturated rings. The fraction of sp³-hybridized carbons (Fsp3) is 0.125. The maximum atomic E-state index is 13.4. The van der Waals surface area contributed by atoms with Crippen molar-refractivity contribution in [2.24, 2.45) is 0 Å². The number of aromatic carboxylic acids is 1. The van der Waals surface area contributed by atoms with Gasteiger partial charge >= 0.3 is 5.97 Å². The standard InChI is InChI=1S/C16H12ClFN2O2/c1-9-2-3-10(13(17)6-9)8-20-14-5-4-11(18)7-12(14)15(19-20)16(21)22/h2-7H,8H2,1H3,(H,21,22). The lowest BCUT2D eigenvalue weighted by Gasteiger charge is -2.07. The van der Waals surface area contributed by atoms with Crippen molar-refractivity contribution in [2.45, 2.75) is 13.5 Å². The SMILES string of the molecule is Cc1ccc(Cn2nc(C(=O)O)c3cc(F)ccc32)c(Cl)c1. The zero-order valence-corrected chi connectivity index (χ0v) is 12.4. The Kier molecular flexibility index (Phi) is 3.58. The molecule has 112 valence electrons. The third kappa shape index (κ3) is 2.55. The van der Waals surface area contributed by atoms with Crippen molar-refractivity contribution >= 4 is 28.5 Å². The zero-order valence-electron chi connectivity index (χ0n) is 11.7. The molecule has 3 aromatic rings. The van der Waals surface area contributed by atoms with Gasteiger partial charge in [0.15, 0.2) is 5.69 Å². The van der Waals surface area contributed by atoms with Gasteiger partial charge in [-0.1, -0.05) is 23.7 Å². The normalized spacial score (nSPS) is 11.0. The summed E-state index contributed by atoms with van der Waals surface area (Å²) >= 11 is 6.21. The molecule has 0 radical (unpaired) electrons. The summed E-state index contributed by atoms with van der Waals surface area (Å²) in [5.41, 5.74) is 2.23. The maximum Gasteiger partial charge on any atom is 0.357 e. The molecule has 0 unspecified atom stereocenters. The lowest BCUT2D eigenvalue weighted by Crippen LogP contribution is -2.05. The van der Waals surface area contributed by atoms with Crippen molar-refractivity contribution in [3.05, 3.63) is 64.1 Å². The summed E-state index contributed by atoms with van der Waals surface area (Å²) < 4.78 is 14.9. The van der Waals surface area contributed by atoms with Gasteiger partial charge in [0.05, 0.1) is 12.1 Å².